The van der Waals surface area contributed by atoms with E-state index in [-0.39, 0.29) is 0 Å². The van der Waals surface area contributed by atoms with Gasteiger partial charge in [-0.25, -0.2) is 0 Å². The summed E-state index contributed by atoms with van der Waals surface area (Å²) in [6, 6.07) is 16.4. The molecule has 0 radical (unpaired) electrons. The standard InChI is InChI=1S/C20H24ClN3O/c1-15(2)24(12-17-11-22-14-23-17)18-8-9-20(19(21)10-18)25-13-16-6-4-3-5-7-16/h3-11,15,22-23H,12-14H2,1-2H3. The average Bonchev–Trinajstić information content (AvgIpc) is 3.12. The Labute approximate surface area is 154 Å². The van der Waals surface area contributed by atoms with Crippen molar-refractivity contribution >= 4 is 17.3 Å². The van der Waals surface area contributed by atoms with Crippen LogP contribution in [0.15, 0.2) is 60.4 Å². The van der Waals surface area contributed by atoms with Gasteiger partial charge in [0, 0.05) is 23.6 Å². The molecule has 1 heterocycles. The second-order valence-electron chi connectivity index (χ2n) is 6.34. The molecular formula is C20H24ClN3O. The van der Waals surface area contributed by atoms with E-state index in [2.05, 4.69) is 35.4 Å². The van der Waals surface area contributed by atoms with Crippen LogP contribution in [0.1, 0.15) is 19.4 Å². The topological polar surface area (TPSA) is 36.5 Å². The van der Waals surface area contributed by atoms with E-state index in [0.29, 0.717) is 23.4 Å². The third-order valence-electron chi connectivity index (χ3n) is 4.14. The van der Waals surface area contributed by atoms with E-state index < -0.39 is 0 Å². The molecule has 2 aromatic carbocycles. The number of nitrogens with zero attached hydrogens (tertiary/aromatic N) is 1. The Morgan fingerprint density at radius 2 is 1.96 bits per heavy atom. The largest absolute Gasteiger partial charge is 0.487 e. The zero-order chi connectivity index (χ0) is 17.6. The number of halogens is 1. The molecule has 0 atom stereocenters. The molecule has 0 fully saturated rings. The van der Waals surface area contributed by atoms with Gasteiger partial charge >= 0.3 is 0 Å². The molecule has 1 aliphatic rings. The molecule has 0 saturated carbocycles. The van der Waals surface area contributed by atoms with E-state index >= 15 is 0 Å². The van der Waals surface area contributed by atoms with Crippen molar-refractivity contribution in [1.29, 1.82) is 0 Å². The third kappa shape index (κ3) is 4.60. The number of benzene rings is 2. The summed E-state index contributed by atoms with van der Waals surface area (Å²) in [4.78, 5) is 2.30. The zero-order valence-corrected chi connectivity index (χ0v) is 15.4. The molecule has 132 valence electrons. The number of nitrogens with one attached hydrogen (secondary N) is 2. The summed E-state index contributed by atoms with van der Waals surface area (Å²) in [5.74, 6) is 0.706. The predicted molar refractivity (Wildman–Crippen MR) is 104 cm³/mol. The molecular weight excluding hydrogens is 334 g/mol. The second kappa shape index (κ2) is 8.17. The van der Waals surface area contributed by atoms with Crippen LogP contribution in [0, 0.1) is 0 Å². The first-order valence-electron chi connectivity index (χ1n) is 8.52. The molecule has 1 aliphatic heterocycles. The maximum Gasteiger partial charge on any atom is 0.138 e. The van der Waals surface area contributed by atoms with Crippen LogP contribution in [0.2, 0.25) is 5.02 Å². The Bertz CT molecular complexity index is 731. The molecule has 0 unspecified atom stereocenters. The van der Waals surface area contributed by atoms with Crippen LogP contribution in [0.4, 0.5) is 5.69 Å². The van der Waals surface area contributed by atoms with Crippen molar-refractivity contribution in [3.63, 3.8) is 0 Å². The third-order valence-corrected chi connectivity index (χ3v) is 4.44. The normalized spacial score (nSPS) is 13.2. The highest BCUT2D eigenvalue weighted by Crippen LogP contribution is 2.31. The number of rotatable bonds is 7. The lowest BCUT2D eigenvalue weighted by atomic mass is 10.2. The Morgan fingerprint density at radius 3 is 2.60 bits per heavy atom. The van der Waals surface area contributed by atoms with Gasteiger partial charge in [-0.15, -0.1) is 0 Å². The second-order valence-corrected chi connectivity index (χ2v) is 6.75. The van der Waals surface area contributed by atoms with Crippen LogP contribution in [0.25, 0.3) is 0 Å². The molecule has 0 aliphatic carbocycles. The SMILES string of the molecule is CC(C)N(CC1=CNCN1)c1ccc(OCc2ccccc2)c(Cl)c1. The molecule has 2 N–H and O–H groups in total. The maximum atomic E-state index is 6.47. The van der Waals surface area contributed by atoms with Crippen LogP contribution in [-0.2, 0) is 6.61 Å². The number of hydrogen-bond acceptors (Lipinski definition) is 4. The molecule has 0 aromatic heterocycles. The zero-order valence-electron chi connectivity index (χ0n) is 14.6. The first kappa shape index (κ1) is 17.5. The van der Waals surface area contributed by atoms with Crippen molar-refractivity contribution in [2.75, 3.05) is 18.1 Å². The van der Waals surface area contributed by atoms with E-state index in [9.17, 15) is 0 Å². The first-order chi connectivity index (χ1) is 12.1. The summed E-state index contributed by atoms with van der Waals surface area (Å²) in [7, 11) is 0. The van der Waals surface area contributed by atoms with Gasteiger partial charge in [0.05, 0.1) is 18.2 Å². The van der Waals surface area contributed by atoms with E-state index in [0.717, 1.165) is 24.5 Å². The van der Waals surface area contributed by atoms with Gasteiger partial charge < -0.3 is 20.3 Å². The van der Waals surface area contributed by atoms with Gasteiger partial charge in [0.1, 0.15) is 12.4 Å². The van der Waals surface area contributed by atoms with Crippen molar-refractivity contribution in [2.45, 2.75) is 26.5 Å². The summed E-state index contributed by atoms with van der Waals surface area (Å²) in [5, 5.41) is 7.13. The van der Waals surface area contributed by atoms with Gasteiger partial charge in [-0.3, -0.25) is 0 Å². The van der Waals surface area contributed by atoms with Crippen LogP contribution in [0.3, 0.4) is 0 Å². The molecule has 4 nitrogen and oxygen atoms in total. The summed E-state index contributed by atoms with van der Waals surface area (Å²) in [5.41, 5.74) is 3.38. The quantitative estimate of drug-likeness (QED) is 0.781. The van der Waals surface area contributed by atoms with E-state index in [1.807, 2.05) is 48.7 Å². The Kier molecular flexibility index (Phi) is 5.71. The fourth-order valence-corrected chi connectivity index (χ4v) is 3.00. The lowest BCUT2D eigenvalue weighted by molar-refractivity contribution is 0.306. The highest BCUT2D eigenvalue weighted by molar-refractivity contribution is 6.32. The molecule has 5 heteroatoms. The van der Waals surface area contributed by atoms with Crippen molar-refractivity contribution in [3.8, 4) is 5.75 Å². The minimum absolute atomic E-state index is 0.357. The van der Waals surface area contributed by atoms with Crippen LogP contribution < -0.4 is 20.3 Å². The summed E-state index contributed by atoms with van der Waals surface area (Å²) in [6.07, 6.45) is 2.02. The van der Waals surface area contributed by atoms with Gasteiger partial charge in [0.2, 0.25) is 0 Å². The fraction of sp³-hybridized carbons (Fsp3) is 0.300. The Hall–Kier alpha value is -2.33. The summed E-state index contributed by atoms with van der Waals surface area (Å²) in [6.45, 7) is 6.46. The van der Waals surface area contributed by atoms with Crippen LogP contribution >= 0.6 is 11.6 Å². The molecule has 0 spiro atoms. The lowest BCUT2D eigenvalue weighted by Gasteiger charge is -2.29. The monoisotopic (exact) mass is 357 g/mol. The lowest BCUT2D eigenvalue weighted by Crippen LogP contribution is -2.35. The molecule has 0 amide bonds. The van der Waals surface area contributed by atoms with Crippen LogP contribution in [-0.4, -0.2) is 19.3 Å². The molecule has 3 rings (SSSR count). The summed E-state index contributed by atoms with van der Waals surface area (Å²) < 4.78 is 5.87. The van der Waals surface area contributed by atoms with E-state index in [1.165, 1.54) is 5.70 Å². The van der Waals surface area contributed by atoms with Gasteiger partial charge in [-0.2, -0.15) is 0 Å². The van der Waals surface area contributed by atoms with Crippen molar-refractivity contribution in [3.05, 3.63) is 71.0 Å². The number of ether oxygens (including phenoxy) is 1. The molecule has 0 saturated heterocycles. The average molecular weight is 358 g/mol. The first-order valence-corrected chi connectivity index (χ1v) is 8.90. The minimum atomic E-state index is 0.357. The van der Waals surface area contributed by atoms with Gasteiger partial charge in [0.25, 0.3) is 0 Å². The minimum Gasteiger partial charge on any atom is -0.487 e. The van der Waals surface area contributed by atoms with Crippen LogP contribution in [0.5, 0.6) is 5.75 Å². The van der Waals surface area contributed by atoms with Crippen molar-refractivity contribution in [2.24, 2.45) is 0 Å². The van der Waals surface area contributed by atoms with Crippen molar-refractivity contribution in [1.82, 2.24) is 10.6 Å². The highest BCUT2D eigenvalue weighted by Gasteiger charge is 2.16. The Morgan fingerprint density at radius 1 is 1.16 bits per heavy atom. The van der Waals surface area contributed by atoms with Gasteiger partial charge in [0.15, 0.2) is 0 Å². The van der Waals surface area contributed by atoms with E-state index in [4.69, 9.17) is 16.3 Å². The van der Waals surface area contributed by atoms with Gasteiger partial charge in [-0.05, 0) is 37.6 Å². The fourth-order valence-electron chi connectivity index (χ4n) is 2.77. The smallest absolute Gasteiger partial charge is 0.138 e. The van der Waals surface area contributed by atoms with Crippen molar-refractivity contribution < 1.29 is 4.74 Å². The molecule has 2 aromatic rings. The molecule has 25 heavy (non-hydrogen) atoms. The van der Waals surface area contributed by atoms with Gasteiger partial charge in [-0.1, -0.05) is 41.9 Å². The highest BCUT2D eigenvalue weighted by atomic mass is 35.5. The molecule has 0 bridgehead atoms. The summed E-state index contributed by atoms with van der Waals surface area (Å²) >= 11 is 6.47. The van der Waals surface area contributed by atoms with E-state index in [1.54, 1.807) is 0 Å². The number of hydrogen-bond donors (Lipinski definition) is 2. The Balaban J connectivity index is 1.70. The number of anilines is 1. The maximum absolute atomic E-state index is 6.47. The predicted octanol–water partition coefficient (Wildman–Crippen LogP) is 4.13.